The van der Waals surface area contributed by atoms with Gasteiger partial charge in [0.1, 0.15) is 6.04 Å². The van der Waals surface area contributed by atoms with E-state index in [2.05, 4.69) is 25.8 Å². The van der Waals surface area contributed by atoms with Gasteiger partial charge in [-0.15, -0.1) is 0 Å². The number of fused-ring (bicyclic) bond motifs is 1. The average molecular weight is 313 g/mol. The van der Waals surface area contributed by atoms with E-state index in [1.807, 2.05) is 26.1 Å². The van der Waals surface area contributed by atoms with Gasteiger partial charge in [-0.3, -0.25) is 14.7 Å². The first-order valence-corrected chi connectivity index (χ1v) is 6.95. The fraction of sp³-hybridized carbons (Fsp3) is 0.538. The minimum absolute atomic E-state index is 0.152. The van der Waals surface area contributed by atoms with Crippen molar-refractivity contribution in [3.8, 4) is 0 Å². The van der Waals surface area contributed by atoms with Gasteiger partial charge in [-0.2, -0.15) is 0 Å². The van der Waals surface area contributed by atoms with Gasteiger partial charge in [0, 0.05) is 41.4 Å². The molecule has 0 aliphatic carbocycles. The van der Waals surface area contributed by atoms with Crippen LogP contribution in [-0.4, -0.2) is 35.0 Å². The summed E-state index contributed by atoms with van der Waals surface area (Å²) in [5.41, 5.74) is 2.30. The monoisotopic (exact) mass is 312 g/mol. The van der Waals surface area contributed by atoms with Gasteiger partial charge in [0.05, 0.1) is 6.61 Å². The average Bonchev–Trinajstić information content (AvgIpc) is 2.38. The van der Waals surface area contributed by atoms with E-state index in [4.69, 9.17) is 4.74 Å². The van der Waals surface area contributed by atoms with Gasteiger partial charge < -0.3 is 4.74 Å². The Morgan fingerprint density at radius 2 is 2.44 bits per heavy atom. The summed E-state index contributed by atoms with van der Waals surface area (Å²) >= 11 is 3.54. The zero-order valence-electron chi connectivity index (χ0n) is 10.6. The summed E-state index contributed by atoms with van der Waals surface area (Å²) in [6.07, 6.45) is 2.69. The molecule has 2 rings (SSSR count). The lowest BCUT2D eigenvalue weighted by molar-refractivity contribution is -0.149. The topological polar surface area (TPSA) is 42.4 Å². The van der Waals surface area contributed by atoms with Gasteiger partial charge in [0.25, 0.3) is 0 Å². The highest BCUT2D eigenvalue weighted by molar-refractivity contribution is 9.10. The van der Waals surface area contributed by atoms with Crippen molar-refractivity contribution < 1.29 is 9.53 Å². The number of halogens is 1. The van der Waals surface area contributed by atoms with Crippen LogP contribution in [0.5, 0.6) is 0 Å². The summed E-state index contributed by atoms with van der Waals surface area (Å²) in [6.45, 7) is 5.74. The van der Waals surface area contributed by atoms with E-state index >= 15 is 0 Å². The second-order valence-corrected chi connectivity index (χ2v) is 5.22. The highest BCUT2D eigenvalue weighted by atomic mass is 79.9. The van der Waals surface area contributed by atoms with Crippen molar-refractivity contribution in [3.63, 3.8) is 0 Å². The molecule has 1 aromatic rings. The molecule has 0 spiro atoms. The Kier molecular flexibility index (Phi) is 4.35. The molecule has 98 valence electrons. The largest absolute Gasteiger partial charge is 0.465 e. The minimum Gasteiger partial charge on any atom is -0.465 e. The molecule has 2 heterocycles. The quantitative estimate of drug-likeness (QED) is 0.802. The lowest BCUT2D eigenvalue weighted by Crippen LogP contribution is -2.43. The summed E-state index contributed by atoms with van der Waals surface area (Å²) < 4.78 is 6.13. The third-order valence-corrected chi connectivity index (χ3v) is 4.00. The summed E-state index contributed by atoms with van der Waals surface area (Å²) in [7, 11) is 0. The van der Waals surface area contributed by atoms with Crippen LogP contribution in [-0.2, 0) is 22.5 Å². The summed E-state index contributed by atoms with van der Waals surface area (Å²) in [4.78, 5) is 18.3. The minimum atomic E-state index is -0.204. The summed E-state index contributed by atoms with van der Waals surface area (Å²) in [5.74, 6) is -0.152. The third kappa shape index (κ3) is 2.72. The number of nitrogens with zero attached hydrogens (tertiary/aromatic N) is 2. The van der Waals surface area contributed by atoms with E-state index in [0.717, 1.165) is 29.7 Å². The number of hydrogen-bond donors (Lipinski definition) is 0. The van der Waals surface area contributed by atoms with Gasteiger partial charge in [0.15, 0.2) is 0 Å². The number of ether oxygens (including phenoxy) is 1. The molecule has 0 saturated heterocycles. The molecule has 0 bridgehead atoms. The molecule has 18 heavy (non-hydrogen) atoms. The van der Waals surface area contributed by atoms with E-state index in [9.17, 15) is 4.79 Å². The van der Waals surface area contributed by atoms with Crippen molar-refractivity contribution >= 4 is 21.9 Å². The van der Waals surface area contributed by atoms with Crippen molar-refractivity contribution in [2.75, 3.05) is 13.2 Å². The highest BCUT2D eigenvalue weighted by Gasteiger charge is 2.27. The fourth-order valence-electron chi connectivity index (χ4n) is 2.17. The number of carbonyl (C=O) groups excluding carboxylic acids is 1. The molecule has 0 amide bonds. The molecule has 0 N–H and O–H groups in total. The van der Waals surface area contributed by atoms with Crippen LogP contribution in [0.1, 0.15) is 25.1 Å². The normalized spacial score (nSPS) is 17.1. The number of aromatic nitrogens is 1. The standard InChI is InChI=1S/C13H17BrN2O2/c1-3-18-13(17)9(2)16-7-5-12-10(8-16)11(14)4-6-15-12/h4,6,9H,3,5,7-8H2,1-2H3/t9-/m0/s1. The molecule has 0 fully saturated rings. The molecule has 1 atom stereocenters. The van der Waals surface area contributed by atoms with Crippen LogP contribution < -0.4 is 0 Å². The molecule has 0 saturated carbocycles. The molecule has 0 unspecified atom stereocenters. The van der Waals surface area contributed by atoms with Crippen molar-refractivity contribution in [2.45, 2.75) is 32.9 Å². The molecule has 1 aliphatic heterocycles. The Morgan fingerprint density at radius 3 is 3.17 bits per heavy atom. The lowest BCUT2D eigenvalue weighted by Gasteiger charge is -2.32. The molecule has 1 aromatic heterocycles. The molecule has 0 aromatic carbocycles. The predicted octanol–water partition coefficient (Wildman–Crippen LogP) is 2.15. The van der Waals surface area contributed by atoms with Crippen LogP contribution in [0.15, 0.2) is 16.7 Å². The molecular weight excluding hydrogens is 296 g/mol. The third-order valence-electron chi connectivity index (χ3n) is 3.26. The Hall–Kier alpha value is -0.940. The van der Waals surface area contributed by atoms with Gasteiger partial charge in [-0.25, -0.2) is 0 Å². The second-order valence-electron chi connectivity index (χ2n) is 4.37. The first-order valence-electron chi connectivity index (χ1n) is 6.16. The van der Waals surface area contributed by atoms with Crippen LogP contribution in [0.4, 0.5) is 0 Å². The Bertz CT molecular complexity index is 451. The van der Waals surface area contributed by atoms with Gasteiger partial charge >= 0.3 is 5.97 Å². The van der Waals surface area contributed by atoms with Crippen LogP contribution in [0.25, 0.3) is 0 Å². The smallest absolute Gasteiger partial charge is 0.323 e. The Morgan fingerprint density at radius 1 is 1.67 bits per heavy atom. The lowest BCUT2D eigenvalue weighted by atomic mass is 10.0. The van der Waals surface area contributed by atoms with E-state index in [1.165, 1.54) is 5.56 Å². The van der Waals surface area contributed by atoms with Crippen molar-refractivity contribution in [1.29, 1.82) is 0 Å². The van der Waals surface area contributed by atoms with Gasteiger partial charge in [0.2, 0.25) is 0 Å². The first kappa shape index (κ1) is 13.5. The first-order chi connectivity index (χ1) is 8.63. The maximum atomic E-state index is 11.7. The van der Waals surface area contributed by atoms with E-state index < -0.39 is 0 Å². The zero-order valence-corrected chi connectivity index (χ0v) is 12.2. The van der Waals surface area contributed by atoms with Crippen molar-refractivity contribution in [1.82, 2.24) is 9.88 Å². The number of carbonyl (C=O) groups is 1. The van der Waals surface area contributed by atoms with Crippen molar-refractivity contribution in [2.24, 2.45) is 0 Å². The van der Waals surface area contributed by atoms with Crippen LogP contribution in [0.3, 0.4) is 0 Å². The molecule has 5 heteroatoms. The Balaban J connectivity index is 2.12. The maximum absolute atomic E-state index is 11.7. The van der Waals surface area contributed by atoms with Crippen LogP contribution in [0.2, 0.25) is 0 Å². The molecule has 4 nitrogen and oxygen atoms in total. The number of esters is 1. The number of hydrogen-bond acceptors (Lipinski definition) is 4. The maximum Gasteiger partial charge on any atom is 0.323 e. The van der Waals surface area contributed by atoms with E-state index in [0.29, 0.717) is 6.61 Å². The number of rotatable bonds is 3. The molecular formula is C13H17BrN2O2. The zero-order chi connectivity index (χ0) is 13.1. The van der Waals surface area contributed by atoms with Gasteiger partial charge in [-0.05, 0) is 19.9 Å². The highest BCUT2D eigenvalue weighted by Crippen LogP contribution is 2.26. The van der Waals surface area contributed by atoms with Crippen LogP contribution in [0, 0.1) is 0 Å². The molecule has 1 aliphatic rings. The van der Waals surface area contributed by atoms with E-state index in [1.54, 1.807) is 0 Å². The van der Waals surface area contributed by atoms with Gasteiger partial charge in [-0.1, -0.05) is 15.9 Å². The Labute approximate surface area is 115 Å². The fourth-order valence-corrected chi connectivity index (χ4v) is 2.64. The second kappa shape index (κ2) is 5.80. The molecule has 0 radical (unpaired) electrons. The summed E-state index contributed by atoms with van der Waals surface area (Å²) in [6, 6.07) is 1.74. The number of pyridine rings is 1. The van der Waals surface area contributed by atoms with Crippen LogP contribution >= 0.6 is 15.9 Å². The SMILES string of the molecule is CCOC(=O)[C@H](C)N1CCc2nccc(Br)c2C1. The summed E-state index contributed by atoms with van der Waals surface area (Å²) in [5, 5.41) is 0. The van der Waals surface area contributed by atoms with E-state index in [-0.39, 0.29) is 12.0 Å². The predicted molar refractivity (Wildman–Crippen MR) is 72.1 cm³/mol. The van der Waals surface area contributed by atoms with Crippen molar-refractivity contribution in [3.05, 3.63) is 28.0 Å².